The van der Waals surface area contributed by atoms with Crippen molar-refractivity contribution >= 4 is 21.8 Å². The maximum Gasteiger partial charge on any atom is 0.243 e. The summed E-state index contributed by atoms with van der Waals surface area (Å²) in [6.45, 7) is 4.58. The van der Waals surface area contributed by atoms with Crippen LogP contribution >= 0.6 is 0 Å². The van der Waals surface area contributed by atoms with E-state index >= 15 is 0 Å². The first-order valence-corrected chi connectivity index (χ1v) is 12.3. The van der Waals surface area contributed by atoms with Crippen molar-refractivity contribution in [2.75, 3.05) is 13.1 Å². The number of amides is 2. The predicted octanol–water partition coefficient (Wildman–Crippen LogP) is 1.94. The summed E-state index contributed by atoms with van der Waals surface area (Å²) in [6.07, 6.45) is 2.49. The van der Waals surface area contributed by atoms with Gasteiger partial charge in [-0.25, -0.2) is 8.42 Å². The van der Waals surface area contributed by atoms with E-state index in [0.717, 1.165) is 5.69 Å². The summed E-state index contributed by atoms with van der Waals surface area (Å²) < 4.78 is 27.0. The van der Waals surface area contributed by atoms with Gasteiger partial charge in [0.2, 0.25) is 21.8 Å². The van der Waals surface area contributed by atoms with Gasteiger partial charge in [-0.05, 0) is 43.0 Å². The number of sulfonamides is 1. The van der Waals surface area contributed by atoms with Crippen LogP contribution in [0.25, 0.3) is 0 Å². The Bertz CT molecular complexity index is 1000. The number of benzene rings is 1. The number of pyridine rings is 1. The van der Waals surface area contributed by atoms with Crippen molar-refractivity contribution in [1.29, 1.82) is 0 Å². The fourth-order valence-electron chi connectivity index (χ4n) is 3.70. The van der Waals surface area contributed by atoms with Crippen LogP contribution in [-0.4, -0.2) is 48.7 Å². The SMILES string of the molecule is CC(C)[C@@H](NC(=O)C1CCN(S(=O)(=O)c2ccccc2)CC1)C(=O)NCc1ccccn1. The van der Waals surface area contributed by atoms with Crippen LogP contribution in [0.2, 0.25) is 0 Å². The second-order valence-electron chi connectivity index (χ2n) is 8.26. The summed E-state index contributed by atoms with van der Waals surface area (Å²) in [5.74, 6) is -0.903. The van der Waals surface area contributed by atoms with Crippen LogP contribution in [0.4, 0.5) is 0 Å². The molecule has 9 heteroatoms. The first kappa shape index (κ1) is 23.9. The molecule has 1 aliphatic heterocycles. The monoisotopic (exact) mass is 458 g/mol. The van der Waals surface area contributed by atoms with Crippen molar-refractivity contribution in [2.24, 2.45) is 11.8 Å². The van der Waals surface area contributed by atoms with Crippen LogP contribution in [0.3, 0.4) is 0 Å². The number of aromatic nitrogens is 1. The van der Waals surface area contributed by atoms with Crippen LogP contribution in [0.1, 0.15) is 32.4 Å². The molecule has 172 valence electrons. The number of carbonyl (C=O) groups is 2. The molecule has 3 rings (SSSR count). The number of nitrogens with one attached hydrogen (secondary N) is 2. The molecule has 1 aromatic heterocycles. The zero-order valence-corrected chi connectivity index (χ0v) is 19.2. The van der Waals surface area contributed by atoms with Crippen molar-refractivity contribution in [3.05, 3.63) is 60.4 Å². The number of nitrogens with zero attached hydrogens (tertiary/aromatic N) is 2. The van der Waals surface area contributed by atoms with Crippen LogP contribution in [0, 0.1) is 11.8 Å². The van der Waals surface area contributed by atoms with Crippen molar-refractivity contribution in [3.8, 4) is 0 Å². The molecule has 0 radical (unpaired) electrons. The van der Waals surface area contributed by atoms with Crippen molar-refractivity contribution < 1.29 is 18.0 Å². The smallest absolute Gasteiger partial charge is 0.243 e. The van der Waals surface area contributed by atoms with E-state index in [-0.39, 0.29) is 48.2 Å². The Morgan fingerprint density at radius 3 is 2.31 bits per heavy atom. The lowest BCUT2D eigenvalue weighted by atomic mass is 9.95. The molecular weight excluding hydrogens is 428 g/mol. The zero-order valence-electron chi connectivity index (χ0n) is 18.4. The molecule has 2 N–H and O–H groups in total. The van der Waals surface area contributed by atoms with Gasteiger partial charge in [-0.3, -0.25) is 14.6 Å². The van der Waals surface area contributed by atoms with Gasteiger partial charge in [0.05, 0.1) is 17.1 Å². The largest absolute Gasteiger partial charge is 0.349 e. The Hall–Kier alpha value is -2.78. The van der Waals surface area contributed by atoms with Gasteiger partial charge in [0, 0.05) is 25.2 Å². The quantitative estimate of drug-likeness (QED) is 0.628. The molecule has 0 bridgehead atoms. The minimum Gasteiger partial charge on any atom is -0.349 e. The molecule has 2 aromatic rings. The topological polar surface area (TPSA) is 108 Å². The Morgan fingerprint density at radius 1 is 1.06 bits per heavy atom. The third-order valence-electron chi connectivity index (χ3n) is 5.62. The van der Waals surface area contributed by atoms with Crippen molar-refractivity contribution in [3.63, 3.8) is 0 Å². The Labute approximate surface area is 189 Å². The lowest BCUT2D eigenvalue weighted by Crippen LogP contribution is -2.52. The molecule has 0 aliphatic carbocycles. The molecule has 2 heterocycles. The first-order chi connectivity index (χ1) is 15.3. The zero-order chi connectivity index (χ0) is 23.1. The molecule has 0 saturated carbocycles. The third-order valence-corrected chi connectivity index (χ3v) is 7.54. The molecular formula is C23H30N4O4S. The molecule has 32 heavy (non-hydrogen) atoms. The molecule has 0 spiro atoms. The standard InChI is InChI=1S/C23H30N4O4S/c1-17(2)21(23(29)25-16-19-8-6-7-13-24-19)26-22(28)18-11-14-27(15-12-18)32(30,31)20-9-4-3-5-10-20/h3-10,13,17-18,21H,11-12,14-16H2,1-2H3,(H,25,29)(H,26,28)/t21-/m1/s1. The van der Waals surface area contributed by atoms with Crippen molar-refractivity contribution in [2.45, 2.75) is 44.2 Å². The van der Waals surface area contributed by atoms with Crippen LogP contribution in [-0.2, 0) is 26.2 Å². The van der Waals surface area contributed by atoms with Gasteiger partial charge >= 0.3 is 0 Å². The van der Waals surface area contributed by atoms with E-state index in [2.05, 4.69) is 15.6 Å². The van der Waals surface area contributed by atoms with E-state index in [4.69, 9.17) is 0 Å². The number of rotatable bonds is 8. The van der Waals surface area contributed by atoms with E-state index in [1.165, 1.54) is 4.31 Å². The Balaban J connectivity index is 1.54. The highest BCUT2D eigenvalue weighted by atomic mass is 32.2. The second kappa shape index (κ2) is 10.7. The average molecular weight is 459 g/mol. The Morgan fingerprint density at radius 2 is 1.72 bits per heavy atom. The molecule has 1 aromatic carbocycles. The normalized spacial score (nSPS) is 16.5. The number of carbonyl (C=O) groups excluding carboxylic acids is 2. The number of piperidine rings is 1. The summed E-state index contributed by atoms with van der Waals surface area (Å²) >= 11 is 0. The summed E-state index contributed by atoms with van der Waals surface area (Å²) in [5, 5.41) is 5.70. The summed E-state index contributed by atoms with van der Waals surface area (Å²) in [7, 11) is -3.56. The first-order valence-electron chi connectivity index (χ1n) is 10.8. The molecule has 1 fully saturated rings. The fraction of sp³-hybridized carbons (Fsp3) is 0.435. The van der Waals surface area contributed by atoms with E-state index in [0.29, 0.717) is 12.8 Å². The average Bonchev–Trinajstić information content (AvgIpc) is 2.82. The van der Waals surface area contributed by atoms with Gasteiger partial charge in [0.15, 0.2) is 0 Å². The van der Waals surface area contributed by atoms with Gasteiger partial charge < -0.3 is 10.6 Å². The molecule has 0 unspecified atom stereocenters. The van der Waals surface area contributed by atoms with Crippen molar-refractivity contribution in [1.82, 2.24) is 19.9 Å². The maximum absolute atomic E-state index is 12.8. The maximum atomic E-state index is 12.8. The summed E-state index contributed by atoms with van der Waals surface area (Å²) in [6, 6.07) is 13.1. The van der Waals surface area contributed by atoms with Crippen LogP contribution in [0.5, 0.6) is 0 Å². The van der Waals surface area contributed by atoms with E-state index < -0.39 is 16.1 Å². The fourth-order valence-corrected chi connectivity index (χ4v) is 5.19. The molecule has 8 nitrogen and oxygen atoms in total. The molecule has 2 amide bonds. The van der Waals surface area contributed by atoms with Crippen LogP contribution < -0.4 is 10.6 Å². The lowest BCUT2D eigenvalue weighted by Gasteiger charge is -2.32. The lowest BCUT2D eigenvalue weighted by molar-refractivity contribution is -0.132. The van der Waals surface area contributed by atoms with Gasteiger partial charge in [0.1, 0.15) is 6.04 Å². The highest BCUT2D eigenvalue weighted by Crippen LogP contribution is 2.24. The predicted molar refractivity (Wildman–Crippen MR) is 121 cm³/mol. The minimum atomic E-state index is -3.56. The Kier molecular flexibility index (Phi) is 7.98. The highest BCUT2D eigenvalue weighted by Gasteiger charge is 2.34. The van der Waals surface area contributed by atoms with E-state index in [9.17, 15) is 18.0 Å². The second-order valence-corrected chi connectivity index (χ2v) is 10.2. The highest BCUT2D eigenvalue weighted by molar-refractivity contribution is 7.89. The van der Waals surface area contributed by atoms with Gasteiger partial charge in [-0.1, -0.05) is 38.1 Å². The summed E-state index contributed by atoms with van der Waals surface area (Å²) in [5.41, 5.74) is 0.738. The van der Waals surface area contributed by atoms with Crippen LogP contribution in [0.15, 0.2) is 59.6 Å². The summed E-state index contributed by atoms with van der Waals surface area (Å²) in [4.78, 5) is 30.0. The van der Waals surface area contributed by atoms with E-state index in [1.807, 2.05) is 26.0 Å². The van der Waals surface area contributed by atoms with E-state index in [1.54, 1.807) is 42.6 Å². The molecule has 1 saturated heterocycles. The number of hydrogen-bond acceptors (Lipinski definition) is 5. The third kappa shape index (κ3) is 5.92. The molecule has 1 atom stereocenters. The van der Waals surface area contributed by atoms with Gasteiger partial charge in [-0.15, -0.1) is 0 Å². The van der Waals surface area contributed by atoms with Gasteiger partial charge in [-0.2, -0.15) is 4.31 Å². The molecule has 1 aliphatic rings. The minimum absolute atomic E-state index is 0.0961. The van der Waals surface area contributed by atoms with Gasteiger partial charge in [0.25, 0.3) is 0 Å². The number of hydrogen-bond donors (Lipinski definition) is 2.